The van der Waals surface area contributed by atoms with E-state index in [1.165, 1.54) is 0 Å². The van der Waals surface area contributed by atoms with Gasteiger partial charge in [0.05, 0.1) is 19.3 Å². The van der Waals surface area contributed by atoms with Crippen molar-refractivity contribution in [2.45, 2.75) is 57.7 Å². The van der Waals surface area contributed by atoms with E-state index in [4.69, 9.17) is 4.74 Å². The van der Waals surface area contributed by atoms with Gasteiger partial charge in [0.25, 0.3) is 0 Å². The van der Waals surface area contributed by atoms with Gasteiger partial charge in [0, 0.05) is 17.6 Å². The molecule has 0 heterocycles. The molecule has 0 bridgehead atoms. The number of ether oxygens (including phenoxy) is 1. The molecule has 0 radical (unpaired) electrons. The first-order valence-electron chi connectivity index (χ1n) is 10.6. The molecule has 1 fully saturated rings. The van der Waals surface area contributed by atoms with E-state index in [0.717, 1.165) is 42.4 Å². The minimum Gasteiger partial charge on any atom is -0.388 e. The monoisotopic (exact) mass is 430 g/mol. The summed E-state index contributed by atoms with van der Waals surface area (Å²) in [6.07, 6.45) is 3.72. The van der Waals surface area contributed by atoms with Crippen LogP contribution in [0.5, 0.6) is 0 Å². The molecule has 3 N–H and O–H groups in total. The van der Waals surface area contributed by atoms with Crippen molar-refractivity contribution in [2.24, 2.45) is 5.92 Å². The molecule has 2 aromatic carbocycles. The lowest BCUT2D eigenvalue weighted by Gasteiger charge is -2.20. The van der Waals surface area contributed by atoms with Gasteiger partial charge < -0.3 is 19.6 Å². The summed E-state index contributed by atoms with van der Waals surface area (Å²) in [6, 6.07) is 14.9. The molecular weight excluding hydrogens is 399 g/mol. The Hall–Kier alpha value is -1.62. The van der Waals surface area contributed by atoms with Crippen LogP contribution in [0.15, 0.2) is 48.5 Å². The summed E-state index contributed by atoms with van der Waals surface area (Å²) < 4.78 is 5.90. The maximum Gasteiger partial charge on any atom is 0.199 e. The Morgan fingerprint density at radius 2 is 1.93 bits per heavy atom. The second-order valence-electron chi connectivity index (χ2n) is 8.04. The maximum absolute atomic E-state index is 12.5. The molecule has 0 saturated heterocycles. The number of Topliss-reactive ketones (excluding diaryl/α,β-unsaturated/α-hetero) is 1. The van der Waals surface area contributed by atoms with Crippen molar-refractivity contribution in [1.29, 1.82) is 0 Å². The Labute approximate surface area is 179 Å². The Morgan fingerprint density at radius 3 is 2.63 bits per heavy atom. The van der Waals surface area contributed by atoms with Gasteiger partial charge in [-0.15, -0.1) is 0 Å². The van der Waals surface area contributed by atoms with E-state index in [0.29, 0.717) is 24.9 Å². The van der Waals surface area contributed by atoms with Gasteiger partial charge in [-0.1, -0.05) is 56.2 Å². The number of ketones is 1. The van der Waals surface area contributed by atoms with Gasteiger partial charge in [-0.05, 0) is 47.6 Å². The molecule has 0 aromatic heterocycles. The molecule has 0 amide bonds. The fraction of sp³-hybridized carbons (Fsp3) is 0.458. The van der Waals surface area contributed by atoms with Gasteiger partial charge in [-0.3, -0.25) is 4.79 Å². The van der Waals surface area contributed by atoms with E-state index in [1.54, 1.807) is 18.2 Å². The highest BCUT2D eigenvalue weighted by Crippen LogP contribution is 2.38. The number of hydrogen-bond acceptors (Lipinski definition) is 5. The van der Waals surface area contributed by atoms with Gasteiger partial charge in [-0.2, -0.15) is 0 Å². The first-order valence-corrected chi connectivity index (χ1v) is 11.9. The van der Waals surface area contributed by atoms with Crippen LogP contribution in [0.2, 0.25) is 0 Å². The fourth-order valence-electron chi connectivity index (χ4n) is 4.14. The molecule has 3 unspecified atom stereocenters. The molecular formula is C24H31O5P. The Kier molecular flexibility index (Phi) is 8.55. The molecule has 0 aliphatic heterocycles. The quantitative estimate of drug-likeness (QED) is 0.494. The average molecular weight is 430 g/mol. The first-order chi connectivity index (χ1) is 14.5. The summed E-state index contributed by atoms with van der Waals surface area (Å²) in [5.74, 6) is 0.210. The highest BCUT2D eigenvalue weighted by atomic mass is 31.2. The van der Waals surface area contributed by atoms with Crippen LogP contribution in [0.4, 0.5) is 0 Å². The second kappa shape index (κ2) is 11.1. The Bertz CT molecular complexity index is 821. The molecule has 30 heavy (non-hydrogen) atoms. The number of hydrogen-bond donors (Lipinski definition) is 3. The standard InChI is InChI=1S/C24H31O5P/c1-2-3-7-22(25)18-8-10-19(11-9-18)24-20(12-13-23(24)26)16-29-15-17-5-4-6-21(14-17)30(27)28/h4-6,8-11,14,20,22,24-25,27-28H,2-3,7,12-13,15-16H2,1H3. The molecule has 3 atom stereocenters. The Morgan fingerprint density at radius 1 is 1.17 bits per heavy atom. The van der Waals surface area contributed by atoms with E-state index in [-0.39, 0.29) is 17.6 Å². The molecule has 0 spiro atoms. The molecule has 1 saturated carbocycles. The van der Waals surface area contributed by atoms with E-state index >= 15 is 0 Å². The normalized spacial score (nSPS) is 20.1. The summed E-state index contributed by atoms with van der Waals surface area (Å²) in [6.45, 7) is 2.96. The van der Waals surface area contributed by atoms with Crippen LogP contribution in [0, 0.1) is 5.92 Å². The van der Waals surface area contributed by atoms with Crippen LogP contribution >= 0.6 is 8.38 Å². The van der Waals surface area contributed by atoms with E-state index in [2.05, 4.69) is 6.92 Å². The zero-order valence-corrected chi connectivity index (χ0v) is 18.3. The van der Waals surface area contributed by atoms with Crippen LogP contribution in [0.25, 0.3) is 0 Å². The molecule has 1 aliphatic carbocycles. The van der Waals surface area contributed by atoms with Gasteiger partial charge in [0.2, 0.25) is 0 Å². The number of carbonyl (C=O) groups is 1. The van der Waals surface area contributed by atoms with Crippen molar-refractivity contribution >= 4 is 19.5 Å². The first kappa shape index (κ1) is 23.1. The smallest absolute Gasteiger partial charge is 0.199 e. The van der Waals surface area contributed by atoms with Crippen LogP contribution in [0.3, 0.4) is 0 Å². The largest absolute Gasteiger partial charge is 0.388 e. The van der Waals surface area contributed by atoms with E-state index < -0.39 is 14.5 Å². The number of rotatable bonds is 10. The lowest BCUT2D eigenvalue weighted by molar-refractivity contribution is -0.119. The summed E-state index contributed by atoms with van der Waals surface area (Å²) in [5, 5.41) is 10.8. The molecule has 162 valence electrons. The van der Waals surface area contributed by atoms with Crippen LogP contribution in [-0.2, 0) is 16.1 Å². The third-order valence-corrected chi connectivity index (χ3v) is 6.57. The lowest BCUT2D eigenvalue weighted by Crippen LogP contribution is -2.18. The zero-order chi connectivity index (χ0) is 21.5. The second-order valence-corrected chi connectivity index (χ2v) is 9.14. The van der Waals surface area contributed by atoms with Gasteiger partial charge in [0.1, 0.15) is 5.78 Å². The minimum atomic E-state index is -2.11. The van der Waals surface area contributed by atoms with Crippen molar-refractivity contribution < 1.29 is 24.4 Å². The third-order valence-electron chi connectivity index (χ3n) is 5.83. The zero-order valence-electron chi connectivity index (χ0n) is 17.4. The molecule has 6 heteroatoms. The topological polar surface area (TPSA) is 87.0 Å². The van der Waals surface area contributed by atoms with Gasteiger partial charge in [-0.25, -0.2) is 0 Å². The SMILES string of the molecule is CCCCC(O)c1ccc(C2C(=O)CCC2COCc2cccc(P(O)O)c2)cc1. The number of aliphatic hydroxyl groups excluding tert-OH is 1. The predicted molar refractivity (Wildman–Crippen MR) is 118 cm³/mol. The van der Waals surface area contributed by atoms with Crippen molar-refractivity contribution in [3.8, 4) is 0 Å². The van der Waals surface area contributed by atoms with E-state index in [9.17, 15) is 19.7 Å². The van der Waals surface area contributed by atoms with Crippen LogP contribution in [-0.4, -0.2) is 27.3 Å². The third kappa shape index (κ3) is 5.96. The van der Waals surface area contributed by atoms with Gasteiger partial charge in [0.15, 0.2) is 8.38 Å². The number of unbranched alkanes of at least 4 members (excludes halogenated alkanes) is 1. The Balaban J connectivity index is 1.59. The minimum absolute atomic E-state index is 0.129. The van der Waals surface area contributed by atoms with Crippen molar-refractivity contribution in [3.05, 3.63) is 65.2 Å². The van der Waals surface area contributed by atoms with Crippen LogP contribution in [0.1, 0.15) is 67.7 Å². The lowest BCUT2D eigenvalue weighted by atomic mass is 9.88. The van der Waals surface area contributed by atoms with Gasteiger partial charge >= 0.3 is 0 Å². The van der Waals surface area contributed by atoms with Crippen LogP contribution < -0.4 is 5.30 Å². The molecule has 2 aromatic rings. The summed E-state index contributed by atoms with van der Waals surface area (Å²) in [7, 11) is -2.11. The van der Waals surface area contributed by atoms with E-state index in [1.807, 2.05) is 30.3 Å². The maximum atomic E-state index is 12.5. The summed E-state index contributed by atoms with van der Waals surface area (Å²) >= 11 is 0. The number of aliphatic hydroxyl groups is 1. The van der Waals surface area contributed by atoms with Crippen molar-refractivity contribution in [1.82, 2.24) is 0 Å². The summed E-state index contributed by atoms with van der Waals surface area (Å²) in [4.78, 5) is 31.3. The molecule has 3 rings (SSSR count). The van der Waals surface area contributed by atoms with Crippen molar-refractivity contribution in [2.75, 3.05) is 6.61 Å². The summed E-state index contributed by atoms with van der Waals surface area (Å²) in [5.41, 5.74) is 2.78. The predicted octanol–water partition coefficient (Wildman–Crippen LogP) is 4.11. The fourth-order valence-corrected chi connectivity index (χ4v) is 4.64. The highest BCUT2D eigenvalue weighted by Gasteiger charge is 2.35. The van der Waals surface area contributed by atoms with Crippen molar-refractivity contribution in [3.63, 3.8) is 0 Å². The number of benzene rings is 2. The average Bonchev–Trinajstić information content (AvgIpc) is 3.12. The number of carbonyl (C=O) groups excluding carboxylic acids is 1. The molecule has 1 aliphatic rings. The molecule has 5 nitrogen and oxygen atoms in total. The highest BCUT2D eigenvalue weighted by molar-refractivity contribution is 7.54.